The van der Waals surface area contributed by atoms with E-state index < -0.39 is 5.60 Å². The summed E-state index contributed by atoms with van der Waals surface area (Å²) >= 11 is 6.19. The zero-order valence-corrected chi connectivity index (χ0v) is 13.8. The molecule has 0 spiro atoms. The number of hydrogen-bond acceptors (Lipinski definition) is 4. The molecule has 1 aromatic heterocycles. The fraction of sp³-hybridized carbons (Fsp3) is 0.222. The second-order valence-corrected chi connectivity index (χ2v) is 6.21. The van der Waals surface area contributed by atoms with Gasteiger partial charge in [-0.25, -0.2) is 9.97 Å². The van der Waals surface area contributed by atoms with Gasteiger partial charge in [0, 0.05) is 22.5 Å². The van der Waals surface area contributed by atoms with Crippen LogP contribution in [0.5, 0.6) is 0 Å². The van der Waals surface area contributed by atoms with Gasteiger partial charge in [-0.05, 0) is 31.5 Å². The van der Waals surface area contributed by atoms with E-state index in [1.807, 2.05) is 43.3 Å². The fourth-order valence-electron chi connectivity index (χ4n) is 2.63. The summed E-state index contributed by atoms with van der Waals surface area (Å²) in [5, 5.41) is 15.5. The minimum atomic E-state index is -1.11. The van der Waals surface area contributed by atoms with E-state index in [-0.39, 0.29) is 6.54 Å². The molecule has 0 bridgehead atoms. The molecular formula is C18H18ClN3O. The quantitative estimate of drug-likeness (QED) is 0.762. The highest BCUT2D eigenvalue weighted by Gasteiger charge is 2.25. The maximum atomic E-state index is 10.8. The third-order valence-electron chi connectivity index (χ3n) is 3.92. The molecule has 0 aliphatic heterocycles. The Balaban J connectivity index is 1.89. The third-order valence-corrected chi connectivity index (χ3v) is 4.25. The maximum Gasteiger partial charge on any atom is 0.137 e. The minimum Gasteiger partial charge on any atom is -0.384 e. The molecule has 5 heteroatoms. The number of aryl methyl sites for hydroxylation is 1. The summed E-state index contributed by atoms with van der Waals surface area (Å²) in [6.07, 6.45) is 1.53. The first kappa shape index (κ1) is 15.7. The van der Waals surface area contributed by atoms with Crippen LogP contribution in [0.25, 0.3) is 10.9 Å². The van der Waals surface area contributed by atoms with Gasteiger partial charge in [-0.2, -0.15) is 0 Å². The van der Waals surface area contributed by atoms with Crippen LogP contribution in [0, 0.1) is 6.92 Å². The van der Waals surface area contributed by atoms with Gasteiger partial charge < -0.3 is 10.4 Å². The Labute approximate surface area is 140 Å². The van der Waals surface area contributed by atoms with Crippen LogP contribution in [-0.4, -0.2) is 21.6 Å². The van der Waals surface area contributed by atoms with Crippen LogP contribution in [0.3, 0.4) is 0 Å². The Morgan fingerprint density at radius 2 is 1.91 bits per heavy atom. The van der Waals surface area contributed by atoms with Crippen molar-refractivity contribution in [2.75, 3.05) is 11.9 Å². The molecule has 1 heterocycles. The van der Waals surface area contributed by atoms with Crippen LogP contribution in [0.4, 0.5) is 5.82 Å². The number of aliphatic hydroxyl groups is 1. The fourth-order valence-corrected chi connectivity index (χ4v) is 2.96. The number of rotatable bonds is 4. The molecule has 118 valence electrons. The molecule has 0 aliphatic carbocycles. The molecule has 2 N–H and O–H groups in total. The lowest BCUT2D eigenvalue weighted by molar-refractivity contribution is 0.0716. The van der Waals surface area contributed by atoms with Gasteiger partial charge in [0.05, 0.1) is 5.52 Å². The van der Waals surface area contributed by atoms with E-state index in [1.165, 1.54) is 6.33 Å². The van der Waals surface area contributed by atoms with Crippen molar-refractivity contribution >= 4 is 28.3 Å². The first-order chi connectivity index (χ1) is 11.0. The summed E-state index contributed by atoms with van der Waals surface area (Å²) in [5.74, 6) is 0.700. The second kappa shape index (κ2) is 6.14. The molecule has 2 aromatic carbocycles. The molecule has 0 saturated carbocycles. The topological polar surface area (TPSA) is 58.0 Å². The lowest BCUT2D eigenvalue weighted by Gasteiger charge is -2.25. The number of nitrogens with one attached hydrogen (secondary N) is 1. The van der Waals surface area contributed by atoms with Crippen LogP contribution in [0.2, 0.25) is 5.02 Å². The molecule has 4 nitrogen and oxygen atoms in total. The largest absolute Gasteiger partial charge is 0.384 e. The second-order valence-electron chi connectivity index (χ2n) is 5.80. The van der Waals surface area contributed by atoms with Crippen LogP contribution >= 0.6 is 11.6 Å². The lowest BCUT2D eigenvalue weighted by atomic mass is 9.96. The number of nitrogens with zero attached hydrogens (tertiary/aromatic N) is 2. The van der Waals surface area contributed by atoms with Gasteiger partial charge in [0.15, 0.2) is 0 Å². The highest BCUT2D eigenvalue weighted by molar-refractivity contribution is 6.31. The molecule has 3 aromatic rings. The Kier molecular flexibility index (Phi) is 4.20. The molecule has 0 fully saturated rings. The van der Waals surface area contributed by atoms with Crippen LogP contribution in [0.1, 0.15) is 18.1 Å². The van der Waals surface area contributed by atoms with E-state index in [2.05, 4.69) is 15.3 Å². The van der Waals surface area contributed by atoms with Crippen molar-refractivity contribution in [3.8, 4) is 0 Å². The first-order valence-electron chi connectivity index (χ1n) is 7.40. The number of fused-ring (bicyclic) bond motifs is 1. The summed E-state index contributed by atoms with van der Waals surface area (Å²) in [6, 6.07) is 13.3. The summed E-state index contributed by atoms with van der Waals surface area (Å²) in [6.45, 7) is 4.03. The van der Waals surface area contributed by atoms with Crippen molar-refractivity contribution < 1.29 is 5.11 Å². The molecule has 0 amide bonds. The molecule has 1 unspecified atom stereocenters. The summed E-state index contributed by atoms with van der Waals surface area (Å²) in [4.78, 5) is 8.62. The number of para-hydroxylation sites is 1. The smallest absolute Gasteiger partial charge is 0.137 e. The highest BCUT2D eigenvalue weighted by atomic mass is 35.5. The molecule has 1 atom stereocenters. The van der Waals surface area contributed by atoms with E-state index in [4.69, 9.17) is 11.6 Å². The molecule has 0 radical (unpaired) electrons. The van der Waals surface area contributed by atoms with Crippen molar-refractivity contribution in [3.63, 3.8) is 0 Å². The van der Waals surface area contributed by atoms with Gasteiger partial charge >= 0.3 is 0 Å². The third kappa shape index (κ3) is 3.14. The molecule has 0 saturated heterocycles. The predicted molar refractivity (Wildman–Crippen MR) is 93.8 cm³/mol. The van der Waals surface area contributed by atoms with Gasteiger partial charge in [-0.3, -0.25) is 0 Å². The Bertz CT molecular complexity index is 849. The number of hydrogen-bond donors (Lipinski definition) is 2. The lowest BCUT2D eigenvalue weighted by Crippen LogP contribution is -2.31. The summed E-state index contributed by atoms with van der Waals surface area (Å²) in [5.41, 5.74) is 1.57. The SMILES string of the molecule is Cc1cccc2c(NCC(C)(O)c3ccccc3Cl)ncnc12. The molecule has 0 aliphatic rings. The molecule has 23 heavy (non-hydrogen) atoms. The number of aromatic nitrogens is 2. The number of halogens is 1. The van der Waals surface area contributed by atoms with Crippen molar-refractivity contribution in [3.05, 3.63) is 64.9 Å². The Hall–Kier alpha value is -2.17. The summed E-state index contributed by atoms with van der Waals surface area (Å²) in [7, 11) is 0. The van der Waals surface area contributed by atoms with Crippen molar-refractivity contribution in [1.29, 1.82) is 0 Å². The molecular weight excluding hydrogens is 310 g/mol. The predicted octanol–water partition coefficient (Wildman–Crippen LogP) is 3.91. The van der Waals surface area contributed by atoms with E-state index in [9.17, 15) is 5.11 Å². The standard InChI is InChI=1S/C18H18ClN3O/c1-12-6-5-7-13-16(12)21-11-22-17(13)20-10-18(2,23)14-8-3-4-9-15(14)19/h3-9,11,23H,10H2,1-2H3,(H,20,21,22). The zero-order chi connectivity index (χ0) is 16.4. The van der Waals surface area contributed by atoms with Crippen LogP contribution in [0.15, 0.2) is 48.8 Å². The number of benzene rings is 2. The van der Waals surface area contributed by atoms with Gasteiger partial charge in [-0.15, -0.1) is 0 Å². The zero-order valence-electron chi connectivity index (χ0n) is 13.0. The minimum absolute atomic E-state index is 0.288. The highest BCUT2D eigenvalue weighted by Crippen LogP contribution is 2.29. The van der Waals surface area contributed by atoms with Crippen molar-refractivity contribution in [2.45, 2.75) is 19.4 Å². The van der Waals surface area contributed by atoms with Gasteiger partial charge in [-0.1, -0.05) is 41.9 Å². The Morgan fingerprint density at radius 3 is 2.70 bits per heavy atom. The van der Waals surface area contributed by atoms with E-state index >= 15 is 0 Å². The normalized spacial score (nSPS) is 13.7. The van der Waals surface area contributed by atoms with Crippen molar-refractivity contribution in [2.24, 2.45) is 0 Å². The number of anilines is 1. The van der Waals surface area contributed by atoms with Gasteiger partial charge in [0.1, 0.15) is 17.7 Å². The van der Waals surface area contributed by atoms with E-state index in [0.29, 0.717) is 16.4 Å². The van der Waals surface area contributed by atoms with E-state index in [0.717, 1.165) is 16.5 Å². The monoisotopic (exact) mass is 327 g/mol. The van der Waals surface area contributed by atoms with Gasteiger partial charge in [0.2, 0.25) is 0 Å². The maximum absolute atomic E-state index is 10.8. The summed E-state index contributed by atoms with van der Waals surface area (Å²) < 4.78 is 0. The average Bonchev–Trinajstić information content (AvgIpc) is 2.54. The first-order valence-corrected chi connectivity index (χ1v) is 7.78. The molecule has 3 rings (SSSR count). The Morgan fingerprint density at radius 1 is 1.13 bits per heavy atom. The van der Waals surface area contributed by atoms with Crippen LogP contribution in [-0.2, 0) is 5.60 Å². The average molecular weight is 328 g/mol. The van der Waals surface area contributed by atoms with Crippen molar-refractivity contribution in [1.82, 2.24) is 9.97 Å². The van der Waals surface area contributed by atoms with Crippen LogP contribution < -0.4 is 5.32 Å². The van der Waals surface area contributed by atoms with Gasteiger partial charge in [0.25, 0.3) is 0 Å². The van der Waals surface area contributed by atoms with E-state index in [1.54, 1.807) is 13.0 Å².